The van der Waals surface area contributed by atoms with Gasteiger partial charge in [0.05, 0.1) is 19.8 Å². The molecule has 0 amide bonds. The lowest BCUT2D eigenvalue weighted by molar-refractivity contribution is 0.0600. The van der Waals surface area contributed by atoms with E-state index in [1.165, 1.54) is 50.7 Å². The molecule has 10 heteroatoms. The number of methoxy groups -OCH3 is 2. The van der Waals surface area contributed by atoms with Gasteiger partial charge >= 0.3 is 5.97 Å². The van der Waals surface area contributed by atoms with Gasteiger partial charge in [-0.05, 0) is 23.8 Å². The molecule has 31 heavy (non-hydrogen) atoms. The first kappa shape index (κ1) is 20.9. The minimum Gasteiger partial charge on any atom is -0.493 e. The number of hydrogen-bond acceptors (Lipinski definition) is 9. The van der Waals surface area contributed by atoms with Crippen molar-refractivity contribution in [2.75, 3.05) is 20.0 Å². The number of aromatic nitrogens is 2. The van der Waals surface area contributed by atoms with E-state index in [4.69, 9.17) is 15.2 Å². The highest BCUT2D eigenvalue weighted by Crippen LogP contribution is 2.37. The van der Waals surface area contributed by atoms with Gasteiger partial charge in [-0.25, -0.2) is 9.78 Å². The molecule has 0 aliphatic heterocycles. The molecule has 0 atom stereocenters. The Balaban J connectivity index is 2.09. The number of anilines is 1. The van der Waals surface area contributed by atoms with Crippen LogP contribution in [0, 0.1) is 22.7 Å². The Morgan fingerprint density at radius 2 is 1.84 bits per heavy atom. The van der Waals surface area contributed by atoms with Crippen LogP contribution < -0.4 is 20.8 Å². The summed E-state index contributed by atoms with van der Waals surface area (Å²) in [5.41, 5.74) is 5.44. The number of aromatic amines is 1. The van der Waals surface area contributed by atoms with Crippen molar-refractivity contribution in [3.8, 4) is 40.6 Å². The van der Waals surface area contributed by atoms with E-state index in [2.05, 4.69) is 14.7 Å². The molecule has 0 saturated carbocycles. The monoisotopic (exact) mass is 417 g/mol. The summed E-state index contributed by atoms with van der Waals surface area (Å²) in [5.74, 6) is -0.103. The summed E-state index contributed by atoms with van der Waals surface area (Å²) in [5, 5.41) is 18.9. The number of carbonyl (C=O) groups excluding carboxylic acids is 1. The smallest absolute Gasteiger partial charge is 0.338 e. The van der Waals surface area contributed by atoms with Gasteiger partial charge < -0.3 is 24.9 Å². The van der Waals surface area contributed by atoms with Crippen LogP contribution in [0.1, 0.15) is 21.5 Å². The first-order chi connectivity index (χ1) is 14.9. The average molecular weight is 417 g/mol. The van der Waals surface area contributed by atoms with E-state index in [0.29, 0.717) is 5.56 Å². The Morgan fingerprint density at radius 1 is 1.10 bits per heavy atom. The van der Waals surface area contributed by atoms with Crippen molar-refractivity contribution in [2.45, 2.75) is 0 Å². The van der Waals surface area contributed by atoms with Crippen LogP contribution in [0.3, 0.4) is 0 Å². The minimum absolute atomic E-state index is 0.0423. The average Bonchev–Trinajstić information content (AvgIpc) is 2.78. The number of rotatable bonds is 5. The summed E-state index contributed by atoms with van der Waals surface area (Å²) in [4.78, 5) is 30.2. The number of nitriles is 2. The standard InChI is InChI=1S/C21H15N5O5/c1-29-16-7-11(18-13(9-22)19(24)26-20(27)14(18)10-23)3-4-15(16)31-17-8-12(5-6-25-17)21(28)30-2/h3-8H,1-2H3,(H3,24,26,27). The van der Waals surface area contributed by atoms with Gasteiger partial charge in [0.15, 0.2) is 11.5 Å². The number of nitrogen functional groups attached to an aromatic ring is 1. The van der Waals surface area contributed by atoms with Crippen molar-refractivity contribution < 1.29 is 19.0 Å². The summed E-state index contributed by atoms with van der Waals surface area (Å²) < 4.78 is 15.8. The number of ether oxygens (including phenoxy) is 3. The zero-order chi connectivity index (χ0) is 22.5. The lowest BCUT2D eigenvalue weighted by atomic mass is 9.96. The molecule has 0 spiro atoms. The van der Waals surface area contributed by atoms with Crippen LogP contribution >= 0.6 is 0 Å². The van der Waals surface area contributed by atoms with E-state index in [1.54, 1.807) is 6.07 Å². The van der Waals surface area contributed by atoms with Crippen molar-refractivity contribution in [1.29, 1.82) is 10.5 Å². The highest BCUT2D eigenvalue weighted by molar-refractivity contribution is 5.89. The normalized spacial score (nSPS) is 9.94. The lowest BCUT2D eigenvalue weighted by Gasteiger charge is -2.13. The van der Waals surface area contributed by atoms with E-state index in [0.717, 1.165) is 0 Å². The fourth-order valence-electron chi connectivity index (χ4n) is 2.86. The second kappa shape index (κ2) is 8.68. The molecule has 2 aromatic heterocycles. The number of nitrogens with zero attached hydrogens (tertiary/aromatic N) is 3. The maximum Gasteiger partial charge on any atom is 0.338 e. The van der Waals surface area contributed by atoms with Crippen LogP contribution in [0.5, 0.6) is 17.4 Å². The lowest BCUT2D eigenvalue weighted by Crippen LogP contribution is -2.16. The molecule has 3 rings (SSSR count). The first-order valence-corrected chi connectivity index (χ1v) is 8.70. The molecule has 154 valence electrons. The third-order valence-corrected chi connectivity index (χ3v) is 4.29. The van der Waals surface area contributed by atoms with E-state index >= 15 is 0 Å². The summed E-state index contributed by atoms with van der Waals surface area (Å²) >= 11 is 0. The second-order valence-corrected chi connectivity index (χ2v) is 6.06. The fraction of sp³-hybridized carbons (Fsp3) is 0.0952. The second-order valence-electron chi connectivity index (χ2n) is 6.06. The van der Waals surface area contributed by atoms with Gasteiger partial charge in [0.25, 0.3) is 5.56 Å². The Hall–Kier alpha value is -4.83. The molecule has 3 aromatic rings. The Kier molecular flexibility index (Phi) is 5.85. The maximum absolute atomic E-state index is 12.1. The third-order valence-electron chi connectivity index (χ3n) is 4.29. The fourth-order valence-corrected chi connectivity index (χ4v) is 2.86. The SMILES string of the molecule is COC(=O)c1ccnc(Oc2ccc(-c3c(C#N)c(N)[nH]c(=O)c3C#N)cc2OC)c1. The molecule has 0 fully saturated rings. The number of carbonyl (C=O) groups is 1. The molecule has 0 unspecified atom stereocenters. The Bertz CT molecular complexity index is 1320. The van der Waals surface area contributed by atoms with Crippen LogP contribution in [-0.4, -0.2) is 30.2 Å². The molecule has 0 aliphatic rings. The highest BCUT2D eigenvalue weighted by atomic mass is 16.5. The van der Waals surface area contributed by atoms with Gasteiger partial charge in [-0.2, -0.15) is 10.5 Å². The molecule has 2 heterocycles. The Labute approximate surface area is 176 Å². The van der Waals surface area contributed by atoms with Crippen LogP contribution in [0.25, 0.3) is 11.1 Å². The summed E-state index contributed by atoms with van der Waals surface area (Å²) in [7, 11) is 2.66. The molecular weight excluding hydrogens is 402 g/mol. The molecule has 0 radical (unpaired) electrons. The molecule has 10 nitrogen and oxygen atoms in total. The van der Waals surface area contributed by atoms with E-state index in [1.807, 2.05) is 6.07 Å². The Morgan fingerprint density at radius 3 is 2.48 bits per heavy atom. The van der Waals surface area contributed by atoms with Crippen molar-refractivity contribution in [3.05, 3.63) is 63.6 Å². The molecule has 0 aliphatic carbocycles. The van der Waals surface area contributed by atoms with Crippen molar-refractivity contribution in [2.24, 2.45) is 0 Å². The number of esters is 1. The third kappa shape index (κ3) is 3.99. The summed E-state index contributed by atoms with van der Waals surface area (Å²) in [6.45, 7) is 0. The van der Waals surface area contributed by atoms with Crippen LogP contribution in [0.15, 0.2) is 41.3 Å². The number of nitrogens with two attached hydrogens (primary N) is 1. The van der Waals surface area contributed by atoms with Crippen LogP contribution in [0.4, 0.5) is 5.82 Å². The largest absolute Gasteiger partial charge is 0.493 e. The van der Waals surface area contributed by atoms with Gasteiger partial charge in [0.1, 0.15) is 29.1 Å². The number of pyridine rings is 2. The molecule has 3 N–H and O–H groups in total. The van der Waals surface area contributed by atoms with Gasteiger partial charge in [-0.3, -0.25) is 4.79 Å². The van der Waals surface area contributed by atoms with Crippen LogP contribution in [-0.2, 0) is 4.74 Å². The number of benzene rings is 1. The molecular formula is C21H15N5O5. The first-order valence-electron chi connectivity index (χ1n) is 8.70. The number of hydrogen-bond donors (Lipinski definition) is 2. The van der Waals surface area contributed by atoms with Crippen molar-refractivity contribution >= 4 is 11.8 Å². The van der Waals surface area contributed by atoms with Gasteiger partial charge in [0, 0.05) is 17.8 Å². The van der Waals surface area contributed by atoms with Crippen LogP contribution in [0.2, 0.25) is 0 Å². The predicted molar refractivity (Wildman–Crippen MR) is 109 cm³/mol. The predicted octanol–water partition coefficient (Wildman–Crippen LogP) is 2.35. The summed E-state index contributed by atoms with van der Waals surface area (Å²) in [6.07, 6.45) is 1.39. The minimum atomic E-state index is -0.711. The van der Waals surface area contributed by atoms with Gasteiger partial charge in [0.2, 0.25) is 5.88 Å². The maximum atomic E-state index is 12.1. The summed E-state index contributed by atoms with van der Waals surface area (Å²) in [6, 6.07) is 11.1. The molecule has 0 bridgehead atoms. The molecule has 1 aromatic carbocycles. The zero-order valence-corrected chi connectivity index (χ0v) is 16.4. The van der Waals surface area contributed by atoms with Gasteiger partial charge in [-0.1, -0.05) is 6.07 Å². The van der Waals surface area contributed by atoms with Crippen molar-refractivity contribution in [1.82, 2.24) is 9.97 Å². The number of H-pyrrole nitrogens is 1. The zero-order valence-electron chi connectivity index (χ0n) is 16.4. The van der Waals surface area contributed by atoms with E-state index in [-0.39, 0.29) is 45.5 Å². The molecule has 0 saturated heterocycles. The highest BCUT2D eigenvalue weighted by Gasteiger charge is 2.20. The number of nitrogens with one attached hydrogen (secondary N) is 1. The van der Waals surface area contributed by atoms with Crippen molar-refractivity contribution in [3.63, 3.8) is 0 Å². The van der Waals surface area contributed by atoms with E-state index < -0.39 is 11.5 Å². The van der Waals surface area contributed by atoms with E-state index in [9.17, 15) is 20.1 Å². The quantitative estimate of drug-likeness (QED) is 0.593. The van der Waals surface area contributed by atoms with Gasteiger partial charge in [-0.15, -0.1) is 0 Å². The topological polar surface area (TPSA) is 164 Å².